The van der Waals surface area contributed by atoms with Crippen molar-refractivity contribution < 1.29 is 19.1 Å². The maximum absolute atomic E-state index is 13.5. The van der Waals surface area contributed by atoms with Crippen molar-refractivity contribution >= 4 is 29.4 Å². The Morgan fingerprint density at radius 2 is 1.79 bits per heavy atom. The summed E-state index contributed by atoms with van der Waals surface area (Å²) in [5, 5.41) is 0. The van der Waals surface area contributed by atoms with Gasteiger partial charge in [0.15, 0.2) is 5.78 Å². The van der Waals surface area contributed by atoms with Crippen molar-refractivity contribution in [3.8, 4) is 0 Å². The van der Waals surface area contributed by atoms with Crippen molar-refractivity contribution in [1.82, 2.24) is 4.90 Å². The number of likely N-dealkylation sites (tertiary alicyclic amines) is 1. The lowest BCUT2D eigenvalue weighted by molar-refractivity contribution is -0.142. The number of para-hydroxylation sites is 1. The monoisotopic (exact) mass is 382 g/mol. The number of amides is 2. The van der Waals surface area contributed by atoms with Crippen molar-refractivity contribution in [1.29, 1.82) is 0 Å². The zero-order valence-electron chi connectivity index (χ0n) is 16.7. The molecule has 0 spiro atoms. The van der Waals surface area contributed by atoms with E-state index in [0.717, 1.165) is 11.3 Å². The lowest BCUT2D eigenvalue weighted by atomic mass is 9.79. The fourth-order valence-electron chi connectivity index (χ4n) is 4.72. The van der Waals surface area contributed by atoms with E-state index in [0.29, 0.717) is 6.61 Å². The topological polar surface area (TPSA) is 66.9 Å². The molecule has 28 heavy (non-hydrogen) atoms. The second kappa shape index (κ2) is 6.55. The molecule has 4 unspecified atom stereocenters. The maximum atomic E-state index is 13.5. The van der Waals surface area contributed by atoms with Crippen LogP contribution in [0.4, 0.5) is 5.69 Å². The molecule has 1 aromatic rings. The first kappa shape index (κ1) is 18.9. The number of hydrogen-bond donors (Lipinski definition) is 0. The highest BCUT2D eigenvalue weighted by Crippen LogP contribution is 2.49. The highest BCUT2D eigenvalue weighted by molar-refractivity contribution is 6.11. The Morgan fingerprint density at radius 3 is 2.46 bits per heavy atom. The molecular weight excluding hydrogens is 356 g/mol. The molecule has 4 rings (SSSR count). The van der Waals surface area contributed by atoms with Crippen molar-refractivity contribution in [2.45, 2.75) is 32.9 Å². The van der Waals surface area contributed by atoms with Gasteiger partial charge in [0, 0.05) is 18.2 Å². The minimum atomic E-state index is -0.656. The second-order valence-corrected chi connectivity index (χ2v) is 8.75. The van der Waals surface area contributed by atoms with Crippen LogP contribution in [0.5, 0.6) is 0 Å². The van der Waals surface area contributed by atoms with E-state index in [1.807, 2.05) is 62.1 Å². The quantitative estimate of drug-likeness (QED) is 0.747. The molecule has 0 bridgehead atoms. The van der Waals surface area contributed by atoms with E-state index in [1.54, 1.807) is 7.11 Å². The van der Waals surface area contributed by atoms with Gasteiger partial charge in [-0.25, -0.2) is 0 Å². The number of hydrogen-bond acceptors (Lipinski definition) is 5. The normalized spacial score (nSPS) is 28.4. The molecule has 2 saturated heterocycles. The molecule has 0 radical (unpaired) electrons. The van der Waals surface area contributed by atoms with E-state index in [9.17, 15) is 14.4 Å². The molecule has 4 atom stereocenters. The first-order chi connectivity index (χ1) is 13.3. The largest absolute Gasteiger partial charge is 0.383 e. The van der Waals surface area contributed by atoms with Gasteiger partial charge in [-0.2, -0.15) is 0 Å². The van der Waals surface area contributed by atoms with Crippen LogP contribution in [-0.2, 0) is 19.1 Å². The van der Waals surface area contributed by atoms with Crippen LogP contribution in [-0.4, -0.2) is 54.8 Å². The summed E-state index contributed by atoms with van der Waals surface area (Å²) in [4.78, 5) is 43.2. The molecule has 2 fully saturated rings. The van der Waals surface area contributed by atoms with Gasteiger partial charge in [-0.15, -0.1) is 0 Å². The molecule has 6 heteroatoms. The standard InChI is InChI=1S/C22H26N2O4/c1-22(2,3)19(25)18-17-16(20(26)23(21(17)27)11-12-28-4)15-10-9-13-7-5-6-8-14(13)24(15)18/h5-10,15-18H,11-12H2,1-4H3. The Morgan fingerprint density at radius 1 is 1.11 bits per heavy atom. The first-order valence-corrected chi connectivity index (χ1v) is 9.71. The molecule has 0 aromatic heterocycles. The Labute approximate surface area is 165 Å². The van der Waals surface area contributed by atoms with E-state index in [-0.39, 0.29) is 30.2 Å². The molecule has 6 nitrogen and oxygen atoms in total. The number of ether oxygens (including phenoxy) is 1. The van der Waals surface area contributed by atoms with Gasteiger partial charge in [-0.05, 0) is 11.6 Å². The average Bonchev–Trinajstić information content (AvgIpc) is 3.12. The van der Waals surface area contributed by atoms with E-state index in [1.165, 1.54) is 4.90 Å². The zero-order chi connectivity index (χ0) is 20.2. The van der Waals surface area contributed by atoms with Gasteiger partial charge in [-0.3, -0.25) is 19.3 Å². The molecule has 0 aliphatic carbocycles. The predicted octanol–water partition coefficient (Wildman–Crippen LogP) is 2.13. The SMILES string of the molecule is COCCN1C(=O)C2C(C1=O)C(C(=O)C(C)(C)C)N1c3ccccc3C=CC21. The zero-order valence-corrected chi connectivity index (χ0v) is 16.7. The number of carbonyl (C=O) groups excluding carboxylic acids is 3. The molecule has 0 saturated carbocycles. The van der Waals surface area contributed by atoms with Crippen LogP contribution in [0.2, 0.25) is 0 Å². The minimum Gasteiger partial charge on any atom is -0.383 e. The van der Waals surface area contributed by atoms with Crippen LogP contribution in [0.3, 0.4) is 0 Å². The van der Waals surface area contributed by atoms with Gasteiger partial charge in [0.2, 0.25) is 11.8 Å². The van der Waals surface area contributed by atoms with Crippen LogP contribution >= 0.6 is 0 Å². The lowest BCUT2D eigenvalue weighted by Gasteiger charge is -2.38. The van der Waals surface area contributed by atoms with Crippen LogP contribution in [0.1, 0.15) is 26.3 Å². The van der Waals surface area contributed by atoms with Gasteiger partial charge in [0.25, 0.3) is 0 Å². The number of anilines is 1. The summed E-state index contributed by atoms with van der Waals surface area (Å²) in [6.07, 6.45) is 3.97. The molecule has 3 aliphatic rings. The Bertz CT molecular complexity index is 870. The molecule has 2 amide bonds. The van der Waals surface area contributed by atoms with E-state index < -0.39 is 23.3 Å². The van der Waals surface area contributed by atoms with Gasteiger partial charge in [0.1, 0.15) is 6.04 Å². The first-order valence-electron chi connectivity index (χ1n) is 9.71. The number of ketones is 1. The number of nitrogens with zero attached hydrogens (tertiary/aromatic N) is 2. The summed E-state index contributed by atoms with van der Waals surface area (Å²) in [5.41, 5.74) is 1.29. The average molecular weight is 382 g/mol. The Balaban J connectivity index is 1.82. The highest BCUT2D eigenvalue weighted by atomic mass is 16.5. The van der Waals surface area contributed by atoms with Crippen molar-refractivity contribution in [2.24, 2.45) is 17.3 Å². The number of rotatable bonds is 4. The smallest absolute Gasteiger partial charge is 0.235 e. The van der Waals surface area contributed by atoms with Crippen LogP contribution in [0, 0.1) is 17.3 Å². The predicted molar refractivity (Wildman–Crippen MR) is 106 cm³/mol. The van der Waals surface area contributed by atoms with Crippen LogP contribution in [0.15, 0.2) is 30.3 Å². The summed E-state index contributed by atoms with van der Waals surface area (Å²) in [5.74, 6) is -1.66. The number of carbonyl (C=O) groups is 3. The summed E-state index contributed by atoms with van der Waals surface area (Å²) in [6.45, 7) is 6.13. The second-order valence-electron chi connectivity index (χ2n) is 8.75. The van der Waals surface area contributed by atoms with Crippen molar-refractivity contribution in [3.63, 3.8) is 0 Å². The number of imide groups is 1. The minimum absolute atomic E-state index is 0.00940. The Kier molecular flexibility index (Phi) is 4.42. The number of benzene rings is 1. The highest BCUT2D eigenvalue weighted by Gasteiger charge is 2.64. The number of fused-ring (bicyclic) bond motifs is 5. The van der Waals surface area contributed by atoms with Crippen LogP contribution < -0.4 is 4.90 Å². The van der Waals surface area contributed by atoms with E-state index in [2.05, 4.69) is 0 Å². The maximum Gasteiger partial charge on any atom is 0.235 e. The fraction of sp³-hybridized carbons (Fsp3) is 0.500. The van der Waals surface area contributed by atoms with Gasteiger partial charge < -0.3 is 9.64 Å². The van der Waals surface area contributed by atoms with Gasteiger partial charge >= 0.3 is 0 Å². The molecule has 3 aliphatic heterocycles. The third-order valence-corrected chi connectivity index (χ3v) is 6.03. The van der Waals surface area contributed by atoms with Crippen LogP contribution in [0.25, 0.3) is 6.08 Å². The lowest BCUT2D eigenvalue weighted by Crippen LogP contribution is -2.51. The molecule has 0 N–H and O–H groups in total. The molecule has 3 heterocycles. The molecular formula is C22H26N2O4. The van der Waals surface area contributed by atoms with Gasteiger partial charge in [-0.1, -0.05) is 51.1 Å². The molecule has 148 valence electrons. The fourth-order valence-corrected chi connectivity index (χ4v) is 4.72. The summed E-state index contributed by atoms with van der Waals surface area (Å²) in [7, 11) is 1.54. The summed E-state index contributed by atoms with van der Waals surface area (Å²) in [6, 6.07) is 6.89. The van der Waals surface area contributed by atoms with Crippen molar-refractivity contribution in [2.75, 3.05) is 25.2 Å². The van der Waals surface area contributed by atoms with E-state index >= 15 is 0 Å². The molecule has 1 aromatic carbocycles. The Hall–Kier alpha value is -2.47. The third-order valence-electron chi connectivity index (χ3n) is 6.03. The summed E-state index contributed by atoms with van der Waals surface area (Å²) < 4.78 is 5.07. The number of Topliss-reactive ketones (excluding diaryl/α,β-unsaturated/α-hetero) is 1. The van der Waals surface area contributed by atoms with E-state index in [4.69, 9.17) is 4.74 Å². The van der Waals surface area contributed by atoms with Gasteiger partial charge in [0.05, 0.1) is 31.0 Å². The summed E-state index contributed by atoms with van der Waals surface area (Å²) >= 11 is 0. The van der Waals surface area contributed by atoms with Crippen molar-refractivity contribution in [3.05, 3.63) is 35.9 Å². The number of methoxy groups -OCH3 is 1. The third kappa shape index (κ3) is 2.62.